The Morgan fingerprint density at radius 2 is 1.82 bits per heavy atom. The van der Waals surface area contributed by atoms with Crippen molar-refractivity contribution in [1.82, 2.24) is 14.7 Å². The van der Waals surface area contributed by atoms with Crippen molar-refractivity contribution in [2.45, 2.75) is 13.1 Å². The minimum atomic E-state index is -0.523. The van der Waals surface area contributed by atoms with Crippen LogP contribution in [0, 0.1) is 5.41 Å². The molecule has 0 bridgehead atoms. The number of amides is 1. The minimum Gasteiger partial charge on any atom is -0.398 e. The second-order valence-electron chi connectivity index (χ2n) is 6.90. The fourth-order valence-electron chi connectivity index (χ4n) is 2.86. The molecule has 3 aromatic rings. The summed E-state index contributed by atoms with van der Waals surface area (Å²) < 4.78 is 1.75. The Morgan fingerprint density at radius 3 is 2.50 bits per heavy atom. The van der Waals surface area contributed by atoms with Gasteiger partial charge < -0.3 is 16.0 Å². The van der Waals surface area contributed by atoms with E-state index in [9.17, 15) is 4.79 Å². The number of benzene rings is 2. The van der Waals surface area contributed by atoms with Gasteiger partial charge in [-0.1, -0.05) is 42.5 Å². The van der Waals surface area contributed by atoms with Crippen LogP contribution in [-0.2, 0) is 17.9 Å². The van der Waals surface area contributed by atoms with Gasteiger partial charge >= 0.3 is 0 Å². The molecule has 1 amide bonds. The number of nitrogens with two attached hydrogens (primary N) is 1. The van der Waals surface area contributed by atoms with Crippen molar-refractivity contribution >= 4 is 23.0 Å². The topological polar surface area (TPSA) is 100 Å². The van der Waals surface area contributed by atoms with Crippen LogP contribution >= 0.6 is 0 Å². The number of nitrogens with one attached hydrogen (secondary N) is 2. The maximum atomic E-state index is 12.3. The number of anilines is 2. The van der Waals surface area contributed by atoms with Crippen molar-refractivity contribution in [3.63, 3.8) is 0 Å². The standard InChI is InChI=1S/C21H24N6O/c1-26(2)12-15-7-9-16(10-8-15)13-27-14-17(11-24-27)25-21(28)20(23)18-5-3-4-6-19(18)22/h3-11,14,23H,12-13,22H2,1-2H3,(H,25,28). The lowest BCUT2D eigenvalue weighted by atomic mass is 10.1. The molecule has 4 N–H and O–H groups in total. The van der Waals surface area contributed by atoms with Gasteiger partial charge in [-0.2, -0.15) is 5.10 Å². The van der Waals surface area contributed by atoms with E-state index in [1.54, 1.807) is 41.3 Å². The highest BCUT2D eigenvalue weighted by Crippen LogP contribution is 2.14. The molecule has 144 valence electrons. The van der Waals surface area contributed by atoms with Crippen molar-refractivity contribution in [2.75, 3.05) is 25.1 Å². The van der Waals surface area contributed by atoms with Gasteiger partial charge in [0, 0.05) is 24.0 Å². The highest BCUT2D eigenvalue weighted by molar-refractivity contribution is 6.48. The Kier molecular flexibility index (Phi) is 5.86. The summed E-state index contributed by atoms with van der Waals surface area (Å²) in [5, 5.41) is 15.0. The predicted molar refractivity (Wildman–Crippen MR) is 111 cm³/mol. The number of hydrogen-bond donors (Lipinski definition) is 3. The molecule has 0 radical (unpaired) electrons. The number of nitrogens with zero attached hydrogens (tertiary/aromatic N) is 3. The third-order valence-corrected chi connectivity index (χ3v) is 4.21. The summed E-state index contributed by atoms with van der Waals surface area (Å²) in [6, 6.07) is 15.2. The van der Waals surface area contributed by atoms with Crippen LogP contribution < -0.4 is 11.1 Å². The van der Waals surface area contributed by atoms with Gasteiger partial charge in [0.2, 0.25) is 0 Å². The molecule has 0 atom stereocenters. The molecule has 7 heteroatoms. The van der Waals surface area contributed by atoms with Crippen molar-refractivity contribution in [1.29, 1.82) is 5.41 Å². The highest BCUT2D eigenvalue weighted by atomic mass is 16.1. The molecule has 0 unspecified atom stereocenters. The molecule has 0 aliphatic heterocycles. The minimum absolute atomic E-state index is 0.178. The monoisotopic (exact) mass is 376 g/mol. The number of rotatable bonds is 7. The van der Waals surface area contributed by atoms with E-state index in [0.29, 0.717) is 23.5 Å². The third kappa shape index (κ3) is 4.83. The Bertz CT molecular complexity index is 975. The van der Waals surface area contributed by atoms with Crippen molar-refractivity contribution < 1.29 is 4.79 Å². The first-order valence-corrected chi connectivity index (χ1v) is 8.92. The van der Waals surface area contributed by atoms with Gasteiger partial charge in [0.1, 0.15) is 5.71 Å². The van der Waals surface area contributed by atoms with E-state index < -0.39 is 5.91 Å². The molecule has 7 nitrogen and oxygen atoms in total. The van der Waals surface area contributed by atoms with Crippen LogP contribution in [0.3, 0.4) is 0 Å². The fraction of sp³-hybridized carbons (Fsp3) is 0.190. The number of aromatic nitrogens is 2. The molecule has 0 saturated heterocycles. The number of para-hydroxylation sites is 1. The largest absolute Gasteiger partial charge is 0.398 e. The molecular formula is C21H24N6O. The quantitative estimate of drug-likeness (QED) is 0.436. The van der Waals surface area contributed by atoms with Gasteiger partial charge in [-0.15, -0.1) is 0 Å². The number of carbonyl (C=O) groups excluding carboxylic acids is 1. The molecule has 0 aliphatic rings. The maximum absolute atomic E-state index is 12.3. The van der Waals surface area contributed by atoms with Crippen LogP contribution in [-0.4, -0.2) is 40.4 Å². The van der Waals surface area contributed by atoms with Gasteiger partial charge in [-0.25, -0.2) is 0 Å². The third-order valence-electron chi connectivity index (χ3n) is 4.21. The van der Waals surface area contributed by atoms with E-state index in [-0.39, 0.29) is 5.71 Å². The van der Waals surface area contributed by atoms with E-state index >= 15 is 0 Å². The van der Waals surface area contributed by atoms with E-state index in [1.165, 1.54) is 5.56 Å². The molecular weight excluding hydrogens is 352 g/mol. The van der Waals surface area contributed by atoms with Gasteiger partial charge in [0.15, 0.2) is 0 Å². The normalized spacial score (nSPS) is 10.8. The molecule has 1 aromatic heterocycles. The zero-order chi connectivity index (χ0) is 20.1. The molecule has 0 spiro atoms. The smallest absolute Gasteiger partial charge is 0.274 e. The summed E-state index contributed by atoms with van der Waals surface area (Å²) >= 11 is 0. The van der Waals surface area contributed by atoms with Gasteiger partial charge in [-0.05, 0) is 31.3 Å². The zero-order valence-electron chi connectivity index (χ0n) is 16.0. The maximum Gasteiger partial charge on any atom is 0.274 e. The molecule has 0 fully saturated rings. The average Bonchev–Trinajstić information content (AvgIpc) is 3.09. The van der Waals surface area contributed by atoms with Gasteiger partial charge in [0.25, 0.3) is 5.91 Å². The highest BCUT2D eigenvalue weighted by Gasteiger charge is 2.15. The average molecular weight is 376 g/mol. The predicted octanol–water partition coefficient (Wildman–Crippen LogP) is 2.58. The van der Waals surface area contributed by atoms with Gasteiger partial charge in [-0.3, -0.25) is 14.9 Å². The van der Waals surface area contributed by atoms with Crippen molar-refractivity contribution in [3.05, 3.63) is 77.6 Å². The van der Waals surface area contributed by atoms with Crippen LogP contribution in [0.15, 0.2) is 60.9 Å². The number of hydrogen-bond acceptors (Lipinski definition) is 5. The molecule has 3 rings (SSSR count). The van der Waals surface area contributed by atoms with Crippen LogP contribution in [0.25, 0.3) is 0 Å². The summed E-state index contributed by atoms with van der Waals surface area (Å²) in [6.45, 7) is 1.50. The molecule has 2 aromatic carbocycles. The second kappa shape index (κ2) is 8.49. The first kappa shape index (κ1) is 19.3. The fourth-order valence-corrected chi connectivity index (χ4v) is 2.86. The Labute approximate surface area is 164 Å². The lowest BCUT2D eigenvalue weighted by Gasteiger charge is -2.10. The van der Waals surface area contributed by atoms with E-state index in [4.69, 9.17) is 11.1 Å². The Hall–Kier alpha value is -3.45. The van der Waals surface area contributed by atoms with Gasteiger partial charge in [0.05, 0.1) is 18.4 Å². The van der Waals surface area contributed by atoms with E-state index in [1.807, 2.05) is 14.1 Å². The second-order valence-corrected chi connectivity index (χ2v) is 6.90. The summed E-state index contributed by atoms with van der Waals surface area (Å²) in [4.78, 5) is 14.4. The lowest BCUT2D eigenvalue weighted by Crippen LogP contribution is -2.23. The SMILES string of the molecule is CN(C)Cc1ccc(Cn2cc(NC(=O)C(=N)c3ccccc3N)cn2)cc1. The summed E-state index contributed by atoms with van der Waals surface area (Å²) in [6.07, 6.45) is 3.31. The Balaban J connectivity index is 1.61. The van der Waals surface area contributed by atoms with Crippen molar-refractivity contribution in [2.24, 2.45) is 0 Å². The molecule has 28 heavy (non-hydrogen) atoms. The van der Waals surface area contributed by atoms with Crippen LogP contribution in [0.2, 0.25) is 0 Å². The molecule has 0 aliphatic carbocycles. The molecule has 1 heterocycles. The lowest BCUT2D eigenvalue weighted by molar-refractivity contribution is -0.110. The molecule has 0 saturated carbocycles. The number of nitrogen functional groups attached to an aromatic ring is 1. The first-order valence-electron chi connectivity index (χ1n) is 8.92. The number of carbonyl (C=O) groups is 1. The van der Waals surface area contributed by atoms with Crippen LogP contribution in [0.1, 0.15) is 16.7 Å². The van der Waals surface area contributed by atoms with Crippen LogP contribution in [0.5, 0.6) is 0 Å². The summed E-state index contributed by atoms with van der Waals surface area (Å²) in [7, 11) is 4.08. The summed E-state index contributed by atoms with van der Waals surface area (Å²) in [5.41, 5.74) is 9.37. The Morgan fingerprint density at radius 1 is 1.14 bits per heavy atom. The van der Waals surface area contributed by atoms with E-state index in [0.717, 1.165) is 12.1 Å². The first-order chi connectivity index (χ1) is 13.4. The zero-order valence-corrected chi connectivity index (χ0v) is 16.0. The van der Waals surface area contributed by atoms with E-state index in [2.05, 4.69) is 39.6 Å². The van der Waals surface area contributed by atoms with Crippen LogP contribution in [0.4, 0.5) is 11.4 Å². The van der Waals surface area contributed by atoms with Crippen molar-refractivity contribution in [3.8, 4) is 0 Å². The summed E-state index contributed by atoms with van der Waals surface area (Å²) in [5.74, 6) is -0.523.